The van der Waals surface area contributed by atoms with Gasteiger partial charge in [-0.25, -0.2) is 8.42 Å². The topological polar surface area (TPSA) is 66.9 Å². The lowest BCUT2D eigenvalue weighted by molar-refractivity contribution is -0.120. The maximum Gasteiger partial charge on any atom is 0.273 e. The Morgan fingerprint density at radius 3 is 2.24 bits per heavy atom. The summed E-state index contributed by atoms with van der Waals surface area (Å²) in [6.07, 6.45) is 0. The minimum atomic E-state index is -3.58. The number of amides is 1. The molecule has 29 heavy (non-hydrogen) atoms. The van der Waals surface area contributed by atoms with Gasteiger partial charge < -0.3 is 9.64 Å². The molecule has 1 amide bonds. The summed E-state index contributed by atoms with van der Waals surface area (Å²) in [6.45, 7) is 2.34. The molecular weight excluding hydrogens is 408 g/mol. The molecule has 3 aromatic rings. The zero-order valence-corrected chi connectivity index (χ0v) is 17.8. The summed E-state index contributed by atoms with van der Waals surface area (Å²) >= 11 is 1.17. The van der Waals surface area contributed by atoms with Gasteiger partial charge in [0.25, 0.3) is 15.9 Å². The molecule has 0 atom stereocenters. The van der Waals surface area contributed by atoms with Crippen molar-refractivity contribution in [2.45, 2.75) is 11.1 Å². The third-order valence-electron chi connectivity index (χ3n) is 4.36. The molecule has 0 spiro atoms. The van der Waals surface area contributed by atoms with E-state index >= 15 is 0 Å². The van der Waals surface area contributed by atoms with Crippen LogP contribution in [0, 0.1) is 0 Å². The predicted molar refractivity (Wildman–Crippen MR) is 116 cm³/mol. The highest BCUT2D eigenvalue weighted by Crippen LogP contribution is 2.26. The Balaban J connectivity index is 1.64. The molecule has 3 rings (SSSR count). The van der Waals surface area contributed by atoms with Crippen LogP contribution in [0.25, 0.3) is 0 Å². The lowest BCUT2D eigenvalue weighted by Crippen LogP contribution is -2.34. The van der Waals surface area contributed by atoms with E-state index in [9.17, 15) is 13.2 Å². The second-order valence-corrected chi connectivity index (χ2v) is 9.30. The molecule has 6 nitrogen and oxygen atoms in total. The van der Waals surface area contributed by atoms with Gasteiger partial charge in [0, 0.05) is 19.3 Å². The van der Waals surface area contributed by atoms with E-state index in [-0.39, 0.29) is 16.7 Å². The first kappa shape index (κ1) is 20.9. The number of thiophene rings is 1. The second kappa shape index (κ2) is 9.11. The lowest BCUT2D eigenvalue weighted by atomic mass is 10.3. The van der Waals surface area contributed by atoms with Crippen LogP contribution in [0.1, 0.15) is 6.92 Å². The van der Waals surface area contributed by atoms with Crippen molar-refractivity contribution in [3.8, 4) is 5.75 Å². The molecule has 0 aliphatic carbocycles. The standard InChI is InChI=1S/C21H22N2O4S2/c1-3-23(18-8-5-4-6-9-18)20(24)16-27-19-13-11-17(12-14-19)22(2)29(25,26)21-10-7-15-28-21/h4-15H,3,16H2,1-2H3. The van der Waals surface area contributed by atoms with Crippen LogP contribution >= 0.6 is 11.3 Å². The van der Waals surface area contributed by atoms with Gasteiger partial charge in [0.05, 0.1) is 5.69 Å². The first-order valence-electron chi connectivity index (χ1n) is 9.04. The molecule has 2 aromatic carbocycles. The molecule has 0 bridgehead atoms. The van der Waals surface area contributed by atoms with Crippen molar-refractivity contribution in [2.24, 2.45) is 0 Å². The van der Waals surface area contributed by atoms with Gasteiger partial charge in [0.1, 0.15) is 9.96 Å². The fourth-order valence-electron chi connectivity index (χ4n) is 2.77. The summed E-state index contributed by atoms with van der Waals surface area (Å²) in [7, 11) is -2.07. The van der Waals surface area contributed by atoms with Crippen molar-refractivity contribution in [1.82, 2.24) is 0 Å². The summed E-state index contributed by atoms with van der Waals surface area (Å²) in [5, 5.41) is 1.73. The molecule has 0 saturated heterocycles. The Labute approximate surface area is 175 Å². The fraction of sp³-hybridized carbons (Fsp3) is 0.190. The predicted octanol–water partition coefficient (Wildman–Crippen LogP) is 4.01. The number of nitrogens with zero attached hydrogens (tertiary/aromatic N) is 2. The van der Waals surface area contributed by atoms with Gasteiger partial charge in [-0.1, -0.05) is 24.3 Å². The van der Waals surface area contributed by atoms with Gasteiger partial charge in [-0.3, -0.25) is 9.10 Å². The van der Waals surface area contributed by atoms with E-state index < -0.39 is 10.0 Å². The van der Waals surface area contributed by atoms with E-state index in [1.807, 2.05) is 37.3 Å². The van der Waals surface area contributed by atoms with Gasteiger partial charge in [-0.05, 0) is 54.8 Å². The maximum absolute atomic E-state index is 12.6. The van der Waals surface area contributed by atoms with Crippen LogP contribution < -0.4 is 13.9 Å². The van der Waals surface area contributed by atoms with Crippen molar-refractivity contribution in [2.75, 3.05) is 29.4 Å². The molecule has 0 aliphatic heterocycles. The average molecular weight is 431 g/mol. The smallest absolute Gasteiger partial charge is 0.273 e. The van der Waals surface area contributed by atoms with E-state index in [4.69, 9.17) is 4.74 Å². The van der Waals surface area contributed by atoms with Gasteiger partial charge in [-0.2, -0.15) is 0 Å². The number of carbonyl (C=O) groups is 1. The number of ether oxygens (including phenoxy) is 1. The summed E-state index contributed by atoms with van der Waals surface area (Å²) in [5.41, 5.74) is 1.33. The number of hydrogen-bond donors (Lipinski definition) is 0. The number of carbonyl (C=O) groups excluding carboxylic acids is 1. The number of sulfonamides is 1. The summed E-state index contributed by atoms with van der Waals surface area (Å²) in [4.78, 5) is 14.1. The zero-order chi connectivity index (χ0) is 20.9. The molecule has 0 radical (unpaired) electrons. The van der Waals surface area contributed by atoms with Crippen LogP contribution in [0.5, 0.6) is 5.75 Å². The average Bonchev–Trinajstić information content (AvgIpc) is 3.29. The monoisotopic (exact) mass is 430 g/mol. The van der Waals surface area contributed by atoms with Crippen molar-refractivity contribution in [3.05, 3.63) is 72.1 Å². The molecule has 0 N–H and O–H groups in total. The molecule has 0 fully saturated rings. The maximum atomic E-state index is 12.6. The molecule has 0 unspecified atom stereocenters. The van der Waals surface area contributed by atoms with E-state index in [1.54, 1.807) is 46.7 Å². The molecule has 0 aliphatic rings. The Kier molecular flexibility index (Phi) is 6.56. The van der Waals surface area contributed by atoms with Crippen LogP contribution in [0.15, 0.2) is 76.3 Å². The fourth-order valence-corrected chi connectivity index (χ4v) is 5.13. The van der Waals surface area contributed by atoms with Gasteiger partial charge in [-0.15, -0.1) is 11.3 Å². The number of likely N-dealkylation sites (N-methyl/N-ethyl adjacent to an activating group) is 1. The van der Waals surface area contributed by atoms with Crippen LogP contribution in [-0.2, 0) is 14.8 Å². The minimum Gasteiger partial charge on any atom is -0.484 e. The second-order valence-electron chi connectivity index (χ2n) is 6.16. The minimum absolute atomic E-state index is 0.106. The first-order valence-corrected chi connectivity index (χ1v) is 11.4. The SMILES string of the molecule is CCN(C(=O)COc1ccc(N(C)S(=O)(=O)c2cccs2)cc1)c1ccccc1. The van der Waals surface area contributed by atoms with Gasteiger partial charge in [0.15, 0.2) is 6.61 Å². The zero-order valence-electron chi connectivity index (χ0n) is 16.2. The Morgan fingerprint density at radius 2 is 1.66 bits per heavy atom. The largest absolute Gasteiger partial charge is 0.484 e. The van der Waals surface area contributed by atoms with Gasteiger partial charge in [0.2, 0.25) is 0 Å². The number of hydrogen-bond acceptors (Lipinski definition) is 5. The number of anilines is 2. The number of benzene rings is 2. The Hall–Kier alpha value is -2.84. The van der Waals surface area contributed by atoms with Gasteiger partial charge >= 0.3 is 0 Å². The highest BCUT2D eigenvalue weighted by Gasteiger charge is 2.22. The van der Waals surface area contributed by atoms with Crippen molar-refractivity contribution >= 4 is 38.6 Å². The third-order valence-corrected chi connectivity index (χ3v) is 7.52. The highest BCUT2D eigenvalue weighted by molar-refractivity contribution is 7.94. The molecule has 8 heteroatoms. The summed E-state index contributed by atoms with van der Waals surface area (Å²) in [6, 6.07) is 19.3. The lowest BCUT2D eigenvalue weighted by Gasteiger charge is -2.21. The summed E-state index contributed by atoms with van der Waals surface area (Å²) < 4.78 is 32.3. The van der Waals surface area contributed by atoms with E-state index in [0.717, 1.165) is 5.69 Å². The van der Waals surface area contributed by atoms with E-state index in [2.05, 4.69) is 0 Å². The highest BCUT2D eigenvalue weighted by atomic mass is 32.2. The number of para-hydroxylation sites is 1. The van der Waals surface area contributed by atoms with Crippen molar-refractivity contribution in [3.63, 3.8) is 0 Å². The molecule has 1 heterocycles. The first-order chi connectivity index (χ1) is 13.9. The Morgan fingerprint density at radius 1 is 0.966 bits per heavy atom. The van der Waals surface area contributed by atoms with Crippen molar-refractivity contribution < 1.29 is 17.9 Å². The van der Waals surface area contributed by atoms with Crippen molar-refractivity contribution in [1.29, 1.82) is 0 Å². The molecule has 152 valence electrons. The van der Waals surface area contributed by atoms with E-state index in [0.29, 0.717) is 18.0 Å². The molecule has 1 aromatic heterocycles. The normalized spacial score (nSPS) is 11.1. The van der Waals surface area contributed by atoms with Crippen LogP contribution in [0.2, 0.25) is 0 Å². The third kappa shape index (κ3) is 4.78. The van der Waals surface area contributed by atoms with Crippen LogP contribution in [-0.4, -0.2) is 34.5 Å². The van der Waals surface area contributed by atoms with Crippen LogP contribution in [0.4, 0.5) is 11.4 Å². The quantitative estimate of drug-likeness (QED) is 0.542. The molecule has 0 saturated carbocycles. The van der Waals surface area contributed by atoms with Crippen LogP contribution in [0.3, 0.4) is 0 Å². The summed E-state index contributed by atoms with van der Waals surface area (Å²) in [5.74, 6) is 0.341. The number of rotatable bonds is 8. The Bertz CT molecular complexity index is 1030. The van der Waals surface area contributed by atoms with E-state index in [1.165, 1.54) is 22.7 Å². The molecular formula is C21H22N2O4S2.